The molecule has 2 N–H and O–H groups in total. The molecule has 0 heterocycles. The molecule has 84 valence electrons. The van der Waals surface area contributed by atoms with Crippen LogP contribution in [0.1, 0.15) is 6.92 Å². The zero-order valence-electron chi connectivity index (χ0n) is 8.30. The first-order chi connectivity index (χ1) is 6.63. The van der Waals surface area contributed by atoms with Gasteiger partial charge in [0.1, 0.15) is 12.7 Å². The Balaban J connectivity index is 3.73. The van der Waals surface area contributed by atoms with E-state index in [1.54, 1.807) is 6.92 Å². The minimum atomic E-state index is -0.830. The van der Waals surface area contributed by atoms with Crippen molar-refractivity contribution in [3.63, 3.8) is 0 Å². The molecule has 0 rings (SSSR count). The number of carbonyl (C=O) groups excluding carboxylic acids is 1. The lowest BCUT2D eigenvalue weighted by Crippen LogP contribution is -2.30. The van der Waals surface area contributed by atoms with Gasteiger partial charge in [-0.1, -0.05) is 0 Å². The summed E-state index contributed by atoms with van der Waals surface area (Å²) in [7, 11) is 1.19. The van der Waals surface area contributed by atoms with Gasteiger partial charge in [0.25, 0.3) is 0 Å². The first-order valence-electron chi connectivity index (χ1n) is 4.22. The molecular formula is C8H16O6. The van der Waals surface area contributed by atoms with Gasteiger partial charge in [-0.05, 0) is 6.92 Å². The van der Waals surface area contributed by atoms with Crippen LogP contribution in [0.4, 0.5) is 4.79 Å². The molecule has 0 amide bonds. The van der Waals surface area contributed by atoms with Crippen molar-refractivity contribution in [3.05, 3.63) is 0 Å². The monoisotopic (exact) mass is 208 g/mol. The first-order valence-corrected chi connectivity index (χ1v) is 4.22. The summed E-state index contributed by atoms with van der Waals surface area (Å²) in [6.07, 6.45) is -1.88. The Hall–Kier alpha value is -0.850. The summed E-state index contributed by atoms with van der Waals surface area (Å²) in [4.78, 5) is 10.6. The van der Waals surface area contributed by atoms with Crippen LogP contribution in [0.3, 0.4) is 0 Å². The second-order valence-corrected chi connectivity index (χ2v) is 2.70. The molecule has 0 aromatic carbocycles. The highest BCUT2D eigenvalue weighted by Crippen LogP contribution is 1.99. The van der Waals surface area contributed by atoms with Gasteiger partial charge in [0, 0.05) is 0 Å². The van der Waals surface area contributed by atoms with Crippen LogP contribution in [0.25, 0.3) is 0 Å². The van der Waals surface area contributed by atoms with Crippen LogP contribution in [-0.2, 0) is 14.2 Å². The molecule has 14 heavy (non-hydrogen) atoms. The predicted molar refractivity (Wildman–Crippen MR) is 46.9 cm³/mol. The normalized spacial score (nSPS) is 14.6. The largest absolute Gasteiger partial charge is 0.508 e. The Bertz CT molecular complexity index is 160. The summed E-state index contributed by atoms with van der Waals surface area (Å²) in [6, 6.07) is 0. The van der Waals surface area contributed by atoms with Gasteiger partial charge in [-0.15, -0.1) is 0 Å². The van der Waals surface area contributed by atoms with Gasteiger partial charge in [0.2, 0.25) is 0 Å². The lowest BCUT2D eigenvalue weighted by molar-refractivity contribution is -0.0793. The maximum Gasteiger partial charge on any atom is 0.508 e. The standard InChI is InChI=1S/C8H16O6/c1-6(3-9)14-7(4-10)5-13-8(11)12-2/h6-7,9-10H,3-5H2,1-2H3. The number of rotatable bonds is 6. The number of ether oxygens (including phenoxy) is 3. The highest BCUT2D eigenvalue weighted by molar-refractivity contribution is 5.59. The summed E-state index contributed by atoms with van der Waals surface area (Å²) < 4.78 is 13.9. The van der Waals surface area contributed by atoms with E-state index in [0.717, 1.165) is 0 Å². The number of aliphatic hydroxyl groups excluding tert-OH is 2. The molecule has 0 aliphatic carbocycles. The van der Waals surface area contributed by atoms with Crippen LogP contribution in [-0.4, -0.2) is 55.5 Å². The molecule has 0 saturated heterocycles. The number of hydrogen-bond acceptors (Lipinski definition) is 6. The second kappa shape index (κ2) is 7.54. The maximum atomic E-state index is 10.6. The molecule has 0 spiro atoms. The minimum absolute atomic E-state index is 0.104. The van der Waals surface area contributed by atoms with E-state index in [1.165, 1.54) is 7.11 Å². The SMILES string of the molecule is COC(=O)OCC(CO)OC(C)CO. The molecule has 0 radical (unpaired) electrons. The quantitative estimate of drug-likeness (QED) is 0.574. The molecule has 2 unspecified atom stereocenters. The molecule has 0 aromatic rings. The molecule has 0 fully saturated rings. The van der Waals surface area contributed by atoms with E-state index < -0.39 is 18.4 Å². The lowest BCUT2D eigenvalue weighted by atomic mass is 10.3. The molecule has 0 aromatic heterocycles. The highest BCUT2D eigenvalue weighted by Gasteiger charge is 2.14. The summed E-state index contributed by atoms with van der Waals surface area (Å²) in [5, 5.41) is 17.5. The van der Waals surface area contributed by atoms with Crippen molar-refractivity contribution in [2.24, 2.45) is 0 Å². The van der Waals surface area contributed by atoms with Crippen molar-refractivity contribution in [2.45, 2.75) is 19.1 Å². The van der Waals surface area contributed by atoms with Crippen molar-refractivity contribution < 1.29 is 29.2 Å². The van der Waals surface area contributed by atoms with E-state index in [1.807, 2.05) is 0 Å². The van der Waals surface area contributed by atoms with Crippen LogP contribution in [0, 0.1) is 0 Å². The average molecular weight is 208 g/mol. The molecule has 0 saturated carbocycles. The Labute approximate surface area is 82.4 Å². The van der Waals surface area contributed by atoms with Crippen molar-refractivity contribution in [3.8, 4) is 0 Å². The molecule has 0 aliphatic rings. The minimum Gasteiger partial charge on any atom is -0.438 e. The van der Waals surface area contributed by atoms with Gasteiger partial charge >= 0.3 is 6.16 Å². The van der Waals surface area contributed by atoms with Crippen LogP contribution < -0.4 is 0 Å². The van der Waals surface area contributed by atoms with E-state index in [9.17, 15) is 4.79 Å². The van der Waals surface area contributed by atoms with Gasteiger partial charge in [-0.25, -0.2) is 4.79 Å². The summed E-state index contributed by atoms with van der Waals surface area (Å²) in [6.45, 7) is 1.09. The first kappa shape index (κ1) is 13.2. The molecular weight excluding hydrogens is 192 g/mol. The number of carbonyl (C=O) groups is 1. The lowest BCUT2D eigenvalue weighted by Gasteiger charge is -2.18. The predicted octanol–water partition coefficient (Wildman–Crippen LogP) is -0.472. The van der Waals surface area contributed by atoms with Crippen LogP contribution in [0.15, 0.2) is 0 Å². The van der Waals surface area contributed by atoms with Crippen molar-refractivity contribution >= 4 is 6.16 Å². The van der Waals surface area contributed by atoms with E-state index >= 15 is 0 Å². The maximum absolute atomic E-state index is 10.6. The third-order valence-corrected chi connectivity index (χ3v) is 1.44. The second-order valence-electron chi connectivity index (χ2n) is 2.70. The third-order valence-electron chi connectivity index (χ3n) is 1.44. The fourth-order valence-corrected chi connectivity index (χ4v) is 0.727. The van der Waals surface area contributed by atoms with E-state index in [4.69, 9.17) is 14.9 Å². The average Bonchev–Trinajstić information content (AvgIpc) is 2.22. The topological polar surface area (TPSA) is 85.2 Å². The Morgan fingerprint density at radius 1 is 1.36 bits per heavy atom. The summed E-state index contributed by atoms with van der Waals surface area (Å²) in [5.41, 5.74) is 0. The van der Waals surface area contributed by atoms with Crippen molar-refractivity contribution in [1.29, 1.82) is 0 Å². The van der Waals surface area contributed by atoms with Crippen molar-refractivity contribution in [1.82, 2.24) is 0 Å². The van der Waals surface area contributed by atoms with E-state index in [0.29, 0.717) is 0 Å². The van der Waals surface area contributed by atoms with Crippen molar-refractivity contribution in [2.75, 3.05) is 26.9 Å². The van der Waals surface area contributed by atoms with Gasteiger partial charge < -0.3 is 24.4 Å². The van der Waals surface area contributed by atoms with Gasteiger partial charge in [-0.2, -0.15) is 0 Å². The zero-order valence-corrected chi connectivity index (χ0v) is 8.30. The Morgan fingerprint density at radius 2 is 2.00 bits per heavy atom. The molecule has 6 heteroatoms. The summed E-state index contributed by atoms with van der Waals surface area (Å²) >= 11 is 0. The number of aliphatic hydroxyl groups is 2. The third kappa shape index (κ3) is 5.74. The van der Waals surface area contributed by atoms with Gasteiger partial charge in [0.15, 0.2) is 0 Å². The fourth-order valence-electron chi connectivity index (χ4n) is 0.727. The van der Waals surface area contributed by atoms with E-state index in [-0.39, 0.29) is 19.8 Å². The van der Waals surface area contributed by atoms with E-state index in [2.05, 4.69) is 9.47 Å². The fraction of sp³-hybridized carbons (Fsp3) is 0.875. The summed E-state index contributed by atoms with van der Waals surface area (Å²) in [5.74, 6) is 0. The molecule has 0 aliphatic heterocycles. The molecule has 6 nitrogen and oxygen atoms in total. The van der Waals surface area contributed by atoms with Crippen LogP contribution >= 0.6 is 0 Å². The Morgan fingerprint density at radius 3 is 2.43 bits per heavy atom. The van der Waals surface area contributed by atoms with Crippen LogP contribution in [0.2, 0.25) is 0 Å². The molecule has 0 bridgehead atoms. The highest BCUT2D eigenvalue weighted by atomic mass is 16.7. The number of methoxy groups -OCH3 is 1. The van der Waals surface area contributed by atoms with Gasteiger partial charge in [0.05, 0.1) is 26.4 Å². The molecule has 2 atom stereocenters. The van der Waals surface area contributed by atoms with Crippen LogP contribution in [0.5, 0.6) is 0 Å². The number of hydrogen-bond donors (Lipinski definition) is 2. The Kier molecular flexibility index (Phi) is 7.09. The zero-order chi connectivity index (χ0) is 11.0. The smallest absolute Gasteiger partial charge is 0.438 e. The van der Waals surface area contributed by atoms with Gasteiger partial charge in [-0.3, -0.25) is 0 Å².